The van der Waals surface area contributed by atoms with Crippen LogP contribution in [0.3, 0.4) is 0 Å². The average molecular weight is 383 g/mol. The fourth-order valence-electron chi connectivity index (χ4n) is 2.11. The van der Waals surface area contributed by atoms with E-state index in [4.69, 9.17) is 9.47 Å². The minimum atomic E-state index is -4.01. The Bertz CT molecular complexity index is 884. The predicted octanol–water partition coefficient (Wildman–Crippen LogP) is 2.19. The van der Waals surface area contributed by atoms with Crippen molar-refractivity contribution in [3.05, 3.63) is 48.3 Å². The van der Waals surface area contributed by atoms with Crippen molar-refractivity contribution in [3.8, 4) is 11.5 Å². The smallest absolute Gasteiger partial charge is 0.264 e. The Kier molecular flexibility index (Phi) is 5.14. The van der Waals surface area contributed by atoms with Crippen molar-refractivity contribution in [1.29, 1.82) is 0 Å². The number of benzene rings is 2. The van der Waals surface area contributed by atoms with Crippen LogP contribution >= 0.6 is 11.8 Å². The molecule has 2 aromatic rings. The van der Waals surface area contributed by atoms with E-state index < -0.39 is 15.9 Å². The third kappa shape index (κ3) is 4.43. The Balaban J connectivity index is 1.64. The lowest BCUT2D eigenvalue weighted by atomic mass is 10.3. The molecular weight excluding hydrogens is 369 g/mol. The minimum Gasteiger partial charge on any atom is -0.486 e. The number of amides is 1. The second-order valence-corrected chi connectivity index (χ2v) is 7.81. The summed E-state index contributed by atoms with van der Waals surface area (Å²) >= 11 is 1.11. The Hall–Kier alpha value is -2.26. The summed E-state index contributed by atoms with van der Waals surface area (Å²) in [5.74, 6) is -0.389. The normalized spacial score (nSPS) is 13.3. The highest BCUT2D eigenvalue weighted by Gasteiger charge is 2.21. The molecule has 1 heterocycles. The molecule has 0 spiro atoms. The van der Waals surface area contributed by atoms with Gasteiger partial charge in [0, 0.05) is 11.0 Å². The van der Waals surface area contributed by atoms with Crippen molar-refractivity contribution in [3.63, 3.8) is 0 Å². The van der Waals surface area contributed by atoms with Crippen molar-refractivity contribution < 1.29 is 27.1 Å². The molecule has 0 unspecified atom stereocenters. The maximum atomic E-state index is 12.8. The van der Waals surface area contributed by atoms with Gasteiger partial charge in [-0.2, -0.15) is 0 Å². The monoisotopic (exact) mass is 383 g/mol. The van der Waals surface area contributed by atoms with Gasteiger partial charge in [0.2, 0.25) is 5.91 Å². The quantitative estimate of drug-likeness (QED) is 0.797. The fraction of sp³-hybridized carbons (Fsp3) is 0.188. The van der Waals surface area contributed by atoms with Gasteiger partial charge in [0.15, 0.2) is 11.5 Å². The van der Waals surface area contributed by atoms with Crippen molar-refractivity contribution >= 4 is 27.7 Å². The lowest BCUT2D eigenvalue weighted by Crippen LogP contribution is -2.32. The largest absolute Gasteiger partial charge is 0.486 e. The average Bonchev–Trinajstić information content (AvgIpc) is 2.60. The lowest BCUT2D eigenvalue weighted by molar-refractivity contribution is -0.116. The maximum absolute atomic E-state index is 12.8. The number of hydrogen-bond donors (Lipinski definition) is 1. The van der Waals surface area contributed by atoms with Gasteiger partial charge in [-0.05, 0) is 36.4 Å². The van der Waals surface area contributed by atoms with E-state index in [0.29, 0.717) is 29.6 Å². The molecule has 6 nitrogen and oxygen atoms in total. The van der Waals surface area contributed by atoms with E-state index in [1.54, 1.807) is 0 Å². The molecule has 1 amide bonds. The predicted molar refractivity (Wildman–Crippen MR) is 89.9 cm³/mol. The first-order valence-corrected chi connectivity index (χ1v) is 9.74. The second kappa shape index (κ2) is 7.32. The van der Waals surface area contributed by atoms with Crippen LogP contribution in [0.4, 0.5) is 4.39 Å². The molecule has 0 saturated heterocycles. The summed E-state index contributed by atoms with van der Waals surface area (Å²) in [6.45, 7) is 0.730. The molecule has 2 aromatic carbocycles. The third-order valence-corrected chi connectivity index (χ3v) is 5.64. The summed E-state index contributed by atoms with van der Waals surface area (Å²) in [7, 11) is -4.01. The van der Waals surface area contributed by atoms with Gasteiger partial charge < -0.3 is 9.47 Å². The van der Waals surface area contributed by atoms with Gasteiger partial charge in [-0.3, -0.25) is 4.79 Å². The number of nitrogens with one attached hydrogen (secondary N) is 1. The number of thioether (sulfide) groups is 1. The molecular formula is C16H14FNO5S2. The van der Waals surface area contributed by atoms with Gasteiger partial charge in [0.25, 0.3) is 10.0 Å². The summed E-state index contributed by atoms with van der Waals surface area (Å²) in [5.41, 5.74) is 0. The SMILES string of the molecule is O=C(CSc1ccc(F)cc1)NS(=O)(=O)c1ccc2c(c1)OCCO2. The Labute approximate surface area is 148 Å². The minimum absolute atomic E-state index is 0.0862. The topological polar surface area (TPSA) is 81.7 Å². The van der Waals surface area contributed by atoms with Crippen molar-refractivity contribution in [2.75, 3.05) is 19.0 Å². The first-order chi connectivity index (χ1) is 11.9. The molecule has 0 saturated carbocycles. The zero-order valence-electron chi connectivity index (χ0n) is 12.9. The van der Waals surface area contributed by atoms with Crippen LogP contribution in [0.5, 0.6) is 11.5 Å². The molecule has 0 radical (unpaired) electrons. The van der Waals surface area contributed by atoms with Crippen molar-refractivity contribution in [2.24, 2.45) is 0 Å². The summed E-state index contributed by atoms with van der Waals surface area (Å²) in [5, 5.41) is 0. The van der Waals surface area contributed by atoms with Crippen LogP contribution in [0, 0.1) is 5.82 Å². The van der Waals surface area contributed by atoms with E-state index in [1.807, 2.05) is 4.72 Å². The summed E-state index contributed by atoms with van der Waals surface area (Å²) < 4.78 is 50.1. The van der Waals surface area contributed by atoms with Crippen LogP contribution in [0.25, 0.3) is 0 Å². The van der Waals surface area contributed by atoms with Gasteiger partial charge in [-0.15, -0.1) is 11.8 Å². The van der Waals surface area contributed by atoms with E-state index in [-0.39, 0.29) is 16.5 Å². The molecule has 0 atom stereocenters. The fourth-order valence-corrected chi connectivity index (χ4v) is 3.90. The van der Waals surface area contributed by atoms with Gasteiger partial charge in [-0.1, -0.05) is 0 Å². The van der Waals surface area contributed by atoms with Crippen LogP contribution < -0.4 is 14.2 Å². The maximum Gasteiger partial charge on any atom is 0.264 e. The van der Waals surface area contributed by atoms with Crippen molar-refractivity contribution in [2.45, 2.75) is 9.79 Å². The zero-order chi connectivity index (χ0) is 17.9. The number of carbonyl (C=O) groups is 1. The van der Waals surface area contributed by atoms with Crippen LogP contribution in [0.1, 0.15) is 0 Å². The number of halogens is 1. The standard InChI is InChI=1S/C16H14FNO5S2/c17-11-1-3-12(4-2-11)24-10-16(19)18-25(20,21)13-5-6-14-15(9-13)23-8-7-22-14/h1-6,9H,7-8,10H2,(H,18,19). The van der Waals surface area contributed by atoms with E-state index in [9.17, 15) is 17.6 Å². The summed E-state index contributed by atoms with van der Waals surface area (Å²) in [6, 6.07) is 9.72. The first kappa shape index (κ1) is 17.6. The molecule has 3 rings (SSSR count). The molecule has 0 aromatic heterocycles. The highest BCUT2D eigenvalue weighted by Crippen LogP contribution is 2.32. The summed E-state index contributed by atoms with van der Waals surface area (Å²) in [4.78, 5) is 12.5. The lowest BCUT2D eigenvalue weighted by Gasteiger charge is -2.18. The van der Waals surface area contributed by atoms with Gasteiger partial charge >= 0.3 is 0 Å². The van der Waals surface area contributed by atoms with Crippen LogP contribution in [0.15, 0.2) is 52.3 Å². The van der Waals surface area contributed by atoms with Crippen LogP contribution in [-0.2, 0) is 14.8 Å². The number of hydrogen-bond acceptors (Lipinski definition) is 6. The Morgan fingerprint density at radius 2 is 1.76 bits per heavy atom. The molecule has 0 aliphatic carbocycles. The molecule has 132 valence electrons. The molecule has 0 bridgehead atoms. The van der Waals surface area contributed by atoms with E-state index in [1.165, 1.54) is 42.5 Å². The number of fused-ring (bicyclic) bond motifs is 1. The molecule has 0 fully saturated rings. The second-order valence-electron chi connectivity index (χ2n) is 5.08. The first-order valence-electron chi connectivity index (χ1n) is 7.28. The molecule has 1 aliphatic rings. The molecule has 9 heteroatoms. The molecule has 1 N–H and O–H groups in total. The highest BCUT2D eigenvalue weighted by atomic mass is 32.2. The molecule has 25 heavy (non-hydrogen) atoms. The van der Waals surface area contributed by atoms with Gasteiger partial charge in [-0.25, -0.2) is 17.5 Å². The van der Waals surface area contributed by atoms with Gasteiger partial charge in [0.1, 0.15) is 19.0 Å². The highest BCUT2D eigenvalue weighted by molar-refractivity contribution is 8.00. The number of carbonyl (C=O) groups excluding carboxylic acids is 1. The number of sulfonamides is 1. The van der Waals surface area contributed by atoms with Crippen LogP contribution in [0.2, 0.25) is 0 Å². The number of rotatable bonds is 5. The van der Waals surface area contributed by atoms with Crippen LogP contribution in [-0.4, -0.2) is 33.3 Å². The molecule has 1 aliphatic heterocycles. The summed E-state index contributed by atoms with van der Waals surface area (Å²) in [6.07, 6.45) is 0. The Morgan fingerprint density at radius 1 is 1.08 bits per heavy atom. The van der Waals surface area contributed by atoms with E-state index >= 15 is 0 Å². The van der Waals surface area contributed by atoms with E-state index in [0.717, 1.165) is 11.8 Å². The van der Waals surface area contributed by atoms with Gasteiger partial charge in [0.05, 0.1) is 10.6 Å². The number of ether oxygens (including phenoxy) is 2. The zero-order valence-corrected chi connectivity index (χ0v) is 14.5. The Morgan fingerprint density at radius 3 is 2.48 bits per heavy atom. The van der Waals surface area contributed by atoms with Crippen molar-refractivity contribution in [1.82, 2.24) is 4.72 Å². The van der Waals surface area contributed by atoms with E-state index in [2.05, 4.69) is 0 Å². The third-order valence-electron chi connectivity index (χ3n) is 3.26.